The summed E-state index contributed by atoms with van der Waals surface area (Å²) in [6.07, 6.45) is 1.65. The van der Waals surface area contributed by atoms with Crippen molar-refractivity contribution in [2.75, 3.05) is 19.4 Å². The molecule has 0 fully saturated rings. The molecule has 3 nitrogen and oxygen atoms in total. The maximum absolute atomic E-state index is 5.99. The Bertz CT molecular complexity index is 416. The summed E-state index contributed by atoms with van der Waals surface area (Å²) in [6.45, 7) is 1.93. The average molecular weight is 256 g/mol. The second-order valence-electron chi connectivity index (χ2n) is 3.55. The number of hydrogen-bond donors (Lipinski definition) is 1. The van der Waals surface area contributed by atoms with Crippen LogP contribution >= 0.6 is 23.8 Å². The van der Waals surface area contributed by atoms with Gasteiger partial charge in [0.2, 0.25) is 0 Å². The Hall–Kier alpha value is -1.13. The van der Waals surface area contributed by atoms with Gasteiger partial charge < -0.3 is 10.2 Å². The van der Waals surface area contributed by atoms with E-state index in [1.807, 2.05) is 44.1 Å². The molecule has 0 aliphatic heterocycles. The Labute approximate surface area is 106 Å². The molecule has 0 heterocycles. The van der Waals surface area contributed by atoms with Crippen LogP contribution in [0.2, 0.25) is 5.02 Å². The molecule has 0 saturated heterocycles. The lowest BCUT2D eigenvalue weighted by atomic mass is 10.2. The second-order valence-corrected chi connectivity index (χ2v) is 4.34. The monoisotopic (exact) mass is 255 g/mol. The van der Waals surface area contributed by atoms with E-state index in [1.54, 1.807) is 6.34 Å². The first-order chi connectivity index (χ1) is 7.50. The molecule has 16 heavy (non-hydrogen) atoms. The first-order valence-electron chi connectivity index (χ1n) is 4.77. The molecule has 0 bridgehead atoms. The third-order valence-electron chi connectivity index (χ3n) is 1.92. The van der Waals surface area contributed by atoms with Gasteiger partial charge in [-0.2, -0.15) is 0 Å². The Morgan fingerprint density at radius 2 is 2.19 bits per heavy atom. The highest BCUT2D eigenvalue weighted by Gasteiger charge is 2.02. The molecule has 0 aliphatic rings. The van der Waals surface area contributed by atoms with E-state index >= 15 is 0 Å². The molecule has 1 rings (SSSR count). The number of benzene rings is 1. The van der Waals surface area contributed by atoms with Gasteiger partial charge in [-0.05, 0) is 36.8 Å². The minimum Gasteiger partial charge on any atom is -0.369 e. The highest BCUT2D eigenvalue weighted by atomic mass is 35.5. The van der Waals surface area contributed by atoms with Crippen LogP contribution in [-0.2, 0) is 0 Å². The summed E-state index contributed by atoms with van der Waals surface area (Å²) in [5.74, 6) is 0. The smallest absolute Gasteiger partial charge is 0.198 e. The number of rotatable bonds is 2. The molecule has 1 aromatic carbocycles. The first-order valence-corrected chi connectivity index (χ1v) is 5.56. The van der Waals surface area contributed by atoms with Gasteiger partial charge in [-0.1, -0.05) is 17.7 Å². The van der Waals surface area contributed by atoms with Crippen LogP contribution < -0.4 is 5.32 Å². The summed E-state index contributed by atoms with van der Waals surface area (Å²) < 4.78 is 0. The summed E-state index contributed by atoms with van der Waals surface area (Å²) in [5.41, 5.74) is 1.85. The zero-order valence-corrected chi connectivity index (χ0v) is 11.1. The quantitative estimate of drug-likeness (QED) is 0.500. The average Bonchev–Trinajstić information content (AvgIpc) is 2.22. The van der Waals surface area contributed by atoms with Gasteiger partial charge in [0.05, 0.1) is 6.34 Å². The van der Waals surface area contributed by atoms with Crippen LogP contribution in [0.25, 0.3) is 0 Å². The third-order valence-corrected chi connectivity index (χ3v) is 2.53. The van der Waals surface area contributed by atoms with Gasteiger partial charge in [-0.25, -0.2) is 4.99 Å². The lowest BCUT2D eigenvalue weighted by molar-refractivity contribution is 0.644. The van der Waals surface area contributed by atoms with Crippen molar-refractivity contribution in [1.82, 2.24) is 4.90 Å². The molecule has 0 saturated carbocycles. The van der Waals surface area contributed by atoms with E-state index in [4.69, 9.17) is 23.8 Å². The zero-order chi connectivity index (χ0) is 12.1. The van der Waals surface area contributed by atoms with Crippen molar-refractivity contribution in [3.63, 3.8) is 0 Å². The fourth-order valence-corrected chi connectivity index (χ4v) is 1.39. The fraction of sp³-hybridized carbons (Fsp3) is 0.273. The van der Waals surface area contributed by atoms with Crippen molar-refractivity contribution < 1.29 is 0 Å². The van der Waals surface area contributed by atoms with Crippen molar-refractivity contribution in [3.8, 4) is 0 Å². The Morgan fingerprint density at radius 1 is 1.50 bits per heavy atom. The van der Waals surface area contributed by atoms with E-state index in [0.29, 0.717) is 10.1 Å². The molecule has 5 heteroatoms. The van der Waals surface area contributed by atoms with Crippen molar-refractivity contribution in [1.29, 1.82) is 0 Å². The third kappa shape index (κ3) is 3.79. The van der Waals surface area contributed by atoms with Crippen LogP contribution in [0.15, 0.2) is 23.2 Å². The number of hydrogen-bond acceptors (Lipinski definition) is 1. The van der Waals surface area contributed by atoms with Crippen molar-refractivity contribution in [3.05, 3.63) is 28.8 Å². The van der Waals surface area contributed by atoms with Gasteiger partial charge >= 0.3 is 0 Å². The zero-order valence-electron chi connectivity index (χ0n) is 9.49. The molecule has 0 amide bonds. The number of anilines is 1. The van der Waals surface area contributed by atoms with Crippen LogP contribution in [0.4, 0.5) is 5.69 Å². The summed E-state index contributed by atoms with van der Waals surface area (Å²) >= 11 is 11.1. The van der Waals surface area contributed by atoms with Crippen LogP contribution in [0, 0.1) is 6.92 Å². The van der Waals surface area contributed by atoms with Gasteiger partial charge in [0.15, 0.2) is 5.11 Å². The lowest BCUT2D eigenvalue weighted by Crippen LogP contribution is -2.13. The Kier molecular flexibility index (Phi) is 4.71. The highest BCUT2D eigenvalue weighted by molar-refractivity contribution is 7.80. The summed E-state index contributed by atoms with van der Waals surface area (Å²) in [5, 5.41) is 4.16. The molecule has 0 unspecified atom stereocenters. The van der Waals surface area contributed by atoms with E-state index in [2.05, 4.69) is 10.3 Å². The van der Waals surface area contributed by atoms with Crippen LogP contribution in [-0.4, -0.2) is 30.4 Å². The van der Waals surface area contributed by atoms with Gasteiger partial charge in [0, 0.05) is 24.8 Å². The molecule has 1 aromatic rings. The van der Waals surface area contributed by atoms with E-state index < -0.39 is 0 Å². The first kappa shape index (κ1) is 12.9. The minimum absolute atomic E-state index is 0.416. The fourth-order valence-electron chi connectivity index (χ4n) is 1.06. The van der Waals surface area contributed by atoms with Gasteiger partial charge in [0.1, 0.15) is 0 Å². The predicted octanol–water partition coefficient (Wildman–Crippen LogP) is 2.94. The van der Waals surface area contributed by atoms with Gasteiger partial charge in [-0.15, -0.1) is 0 Å². The molecule has 0 aromatic heterocycles. The number of nitrogens with zero attached hydrogens (tertiary/aromatic N) is 2. The molecular weight excluding hydrogens is 242 g/mol. The topological polar surface area (TPSA) is 27.6 Å². The summed E-state index contributed by atoms with van der Waals surface area (Å²) in [7, 11) is 3.77. The number of thiocarbonyl (C=S) groups is 1. The largest absolute Gasteiger partial charge is 0.369 e. The maximum Gasteiger partial charge on any atom is 0.198 e. The van der Waals surface area contributed by atoms with Gasteiger partial charge in [0.25, 0.3) is 0 Å². The Morgan fingerprint density at radius 3 is 2.81 bits per heavy atom. The van der Waals surface area contributed by atoms with Gasteiger partial charge in [-0.3, -0.25) is 0 Å². The number of halogens is 1. The van der Waals surface area contributed by atoms with E-state index in [0.717, 1.165) is 11.3 Å². The predicted molar refractivity (Wildman–Crippen MR) is 74.6 cm³/mol. The van der Waals surface area contributed by atoms with Crippen LogP contribution in [0.1, 0.15) is 5.56 Å². The van der Waals surface area contributed by atoms with E-state index in [-0.39, 0.29) is 0 Å². The van der Waals surface area contributed by atoms with Crippen LogP contribution in [0.3, 0.4) is 0 Å². The molecular formula is C11H14ClN3S. The van der Waals surface area contributed by atoms with Crippen LogP contribution in [0.5, 0.6) is 0 Å². The molecule has 0 atom stereocenters. The minimum atomic E-state index is 0.416. The number of aliphatic imine (C=N–C) groups is 1. The summed E-state index contributed by atoms with van der Waals surface area (Å²) in [6, 6.07) is 5.63. The van der Waals surface area contributed by atoms with Crippen molar-refractivity contribution in [2.45, 2.75) is 6.92 Å². The molecule has 0 aliphatic carbocycles. The lowest BCUT2D eigenvalue weighted by Gasteiger charge is -2.09. The normalized spacial score (nSPS) is 10.5. The van der Waals surface area contributed by atoms with E-state index in [9.17, 15) is 0 Å². The SMILES string of the molecule is Cc1c(Cl)cccc1NC(=S)/N=C/N(C)C. The summed E-state index contributed by atoms with van der Waals surface area (Å²) in [4.78, 5) is 5.89. The molecule has 0 radical (unpaired) electrons. The van der Waals surface area contributed by atoms with E-state index in [1.165, 1.54) is 0 Å². The van der Waals surface area contributed by atoms with Crippen molar-refractivity contribution in [2.24, 2.45) is 4.99 Å². The standard InChI is InChI=1S/C11H14ClN3S/c1-8-9(12)5-4-6-10(8)14-11(16)13-7-15(2)3/h4-7H,1-3H3,(H,14,16)/b13-7+. The van der Waals surface area contributed by atoms with Crippen molar-refractivity contribution >= 4 is 41.0 Å². The molecule has 0 spiro atoms. The second kappa shape index (κ2) is 5.82. The Balaban J connectivity index is 2.74. The molecule has 1 N–H and O–H groups in total. The number of nitrogens with one attached hydrogen (secondary N) is 1. The maximum atomic E-state index is 5.99. The molecule has 86 valence electrons. The highest BCUT2D eigenvalue weighted by Crippen LogP contribution is 2.22.